The number of carbonyl (C=O) groups is 1. The zero-order valence-corrected chi connectivity index (χ0v) is 14.4. The van der Waals surface area contributed by atoms with E-state index in [2.05, 4.69) is 39.3 Å². The molecule has 1 aliphatic rings. The summed E-state index contributed by atoms with van der Waals surface area (Å²) in [4.78, 5) is 25.7. The Morgan fingerprint density at radius 2 is 2.16 bits per heavy atom. The summed E-state index contributed by atoms with van der Waals surface area (Å²) < 4.78 is 0. The second kappa shape index (κ2) is 7.13. The molecule has 3 aromatic rings. The minimum atomic E-state index is 0.115. The van der Waals surface area contributed by atoms with Gasteiger partial charge < -0.3 is 14.9 Å². The monoisotopic (exact) mass is 336 g/mol. The van der Waals surface area contributed by atoms with Crippen LogP contribution in [0.3, 0.4) is 0 Å². The van der Waals surface area contributed by atoms with Gasteiger partial charge in [-0.3, -0.25) is 4.79 Å². The van der Waals surface area contributed by atoms with Gasteiger partial charge in [-0.15, -0.1) is 0 Å². The van der Waals surface area contributed by atoms with Gasteiger partial charge in [0.05, 0.1) is 6.04 Å². The second-order valence-electron chi connectivity index (χ2n) is 6.79. The summed E-state index contributed by atoms with van der Waals surface area (Å²) in [5.74, 6) is 1.17. The fourth-order valence-corrected chi connectivity index (χ4v) is 3.89. The molecule has 0 unspecified atom stereocenters. The van der Waals surface area contributed by atoms with E-state index in [1.807, 2.05) is 17.2 Å². The first-order valence-corrected chi connectivity index (χ1v) is 9.16. The summed E-state index contributed by atoms with van der Waals surface area (Å²) in [6, 6.07) is 8.44. The van der Waals surface area contributed by atoms with Crippen molar-refractivity contribution >= 4 is 16.8 Å². The van der Waals surface area contributed by atoms with Crippen LogP contribution in [0, 0.1) is 0 Å². The normalized spacial score (nSPS) is 17.9. The molecule has 0 spiro atoms. The lowest BCUT2D eigenvalue weighted by atomic mass is 10.00. The Kier molecular flexibility index (Phi) is 4.55. The van der Waals surface area contributed by atoms with Gasteiger partial charge in [0.15, 0.2) is 0 Å². The molecule has 25 heavy (non-hydrogen) atoms. The molecule has 2 N–H and O–H groups in total. The van der Waals surface area contributed by atoms with Crippen LogP contribution in [0.15, 0.2) is 42.9 Å². The highest BCUT2D eigenvalue weighted by atomic mass is 16.2. The van der Waals surface area contributed by atoms with E-state index in [0.29, 0.717) is 6.42 Å². The van der Waals surface area contributed by atoms with Crippen LogP contribution in [0.25, 0.3) is 10.9 Å². The van der Waals surface area contributed by atoms with Crippen molar-refractivity contribution in [2.45, 2.75) is 44.6 Å². The number of nitrogens with one attached hydrogen (secondary N) is 2. The third-order valence-corrected chi connectivity index (χ3v) is 5.17. The topological polar surface area (TPSA) is 64.8 Å². The summed E-state index contributed by atoms with van der Waals surface area (Å²) in [7, 11) is 0. The molecule has 2 aromatic heterocycles. The number of fused-ring (bicyclic) bond motifs is 1. The number of rotatable bonds is 5. The Morgan fingerprint density at radius 3 is 3.04 bits per heavy atom. The molecule has 1 aromatic carbocycles. The van der Waals surface area contributed by atoms with E-state index in [1.165, 1.54) is 10.9 Å². The van der Waals surface area contributed by atoms with Gasteiger partial charge in [-0.2, -0.15) is 0 Å². The molecule has 1 fully saturated rings. The predicted octanol–water partition coefficient (Wildman–Crippen LogP) is 3.97. The molecule has 0 bridgehead atoms. The third kappa shape index (κ3) is 3.31. The van der Waals surface area contributed by atoms with Crippen LogP contribution in [0.2, 0.25) is 0 Å². The molecule has 5 heteroatoms. The first kappa shape index (κ1) is 15.9. The SMILES string of the molecule is O=C(CCCc1c[nH]c2ccccc12)N1CCCC[C@H]1c1ncc[nH]1. The molecule has 1 amide bonds. The molecular formula is C20H24N4O. The average Bonchev–Trinajstić information content (AvgIpc) is 3.32. The van der Waals surface area contributed by atoms with Gasteiger partial charge in [-0.25, -0.2) is 4.98 Å². The van der Waals surface area contributed by atoms with Crippen molar-refractivity contribution in [1.82, 2.24) is 19.9 Å². The lowest BCUT2D eigenvalue weighted by Gasteiger charge is -2.34. The zero-order valence-electron chi connectivity index (χ0n) is 14.4. The maximum atomic E-state index is 12.8. The highest BCUT2D eigenvalue weighted by Gasteiger charge is 2.29. The van der Waals surface area contributed by atoms with Crippen LogP contribution in [0.5, 0.6) is 0 Å². The number of imidazole rings is 1. The van der Waals surface area contributed by atoms with Crippen molar-refractivity contribution < 1.29 is 4.79 Å². The Morgan fingerprint density at radius 1 is 1.24 bits per heavy atom. The molecule has 4 rings (SSSR count). The largest absolute Gasteiger partial charge is 0.361 e. The number of piperidine rings is 1. The number of likely N-dealkylation sites (tertiary alicyclic amines) is 1. The first-order valence-electron chi connectivity index (χ1n) is 9.16. The van der Waals surface area contributed by atoms with Crippen LogP contribution < -0.4 is 0 Å². The van der Waals surface area contributed by atoms with E-state index in [4.69, 9.17) is 0 Å². The Balaban J connectivity index is 1.38. The van der Waals surface area contributed by atoms with Crippen LogP contribution in [-0.4, -0.2) is 32.3 Å². The Hall–Kier alpha value is -2.56. The second-order valence-corrected chi connectivity index (χ2v) is 6.79. The van der Waals surface area contributed by atoms with E-state index in [-0.39, 0.29) is 11.9 Å². The summed E-state index contributed by atoms with van der Waals surface area (Å²) in [6.07, 6.45) is 11.3. The molecule has 5 nitrogen and oxygen atoms in total. The van der Waals surface area contributed by atoms with Gasteiger partial charge in [-0.05, 0) is 43.7 Å². The number of nitrogens with zero attached hydrogens (tertiary/aromatic N) is 2. The number of H-pyrrole nitrogens is 2. The van der Waals surface area contributed by atoms with Gasteiger partial charge in [0.2, 0.25) is 5.91 Å². The summed E-state index contributed by atoms with van der Waals surface area (Å²) in [5.41, 5.74) is 2.46. The molecule has 1 saturated heterocycles. The number of aromatic nitrogens is 3. The fourth-order valence-electron chi connectivity index (χ4n) is 3.89. The van der Waals surface area contributed by atoms with E-state index in [1.54, 1.807) is 6.20 Å². The smallest absolute Gasteiger partial charge is 0.223 e. The van der Waals surface area contributed by atoms with E-state index in [0.717, 1.165) is 50.0 Å². The molecule has 130 valence electrons. The van der Waals surface area contributed by atoms with Crippen LogP contribution >= 0.6 is 0 Å². The maximum Gasteiger partial charge on any atom is 0.223 e. The van der Waals surface area contributed by atoms with Gasteiger partial charge in [0.1, 0.15) is 5.82 Å². The number of carbonyl (C=O) groups excluding carboxylic acids is 1. The number of aryl methyl sites for hydroxylation is 1. The first-order chi connectivity index (χ1) is 12.3. The quantitative estimate of drug-likeness (QED) is 0.740. The van der Waals surface area contributed by atoms with Gasteiger partial charge in [-0.1, -0.05) is 18.2 Å². The number of aromatic amines is 2. The van der Waals surface area contributed by atoms with Crippen molar-refractivity contribution in [3.8, 4) is 0 Å². The number of hydrogen-bond donors (Lipinski definition) is 2. The van der Waals surface area contributed by atoms with Gasteiger partial charge in [0.25, 0.3) is 0 Å². The van der Waals surface area contributed by atoms with Crippen molar-refractivity contribution in [3.63, 3.8) is 0 Å². The lowest BCUT2D eigenvalue weighted by Crippen LogP contribution is -2.38. The van der Waals surface area contributed by atoms with Crippen LogP contribution in [-0.2, 0) is 11.2 Å². The number of para-hydroxylation sites is 1. The van der Waals surface area contributed by atoms with Crippen molar-refractivity contribution in [1.29, 1.82) is 0 Å². The Bertz CT molecular complexity index is 836. The standard InChI is InChI=1S/C20H24N4O/c25-19(24-13-4-3-9-18(24)20-21-11-12-22-20)10-5-6-15-14-23-17-8-2-1-7-16(15)17/h1-2,7-8,11-12,14,18,23H,3-6,9-10,13H2,(H,21,22)/t18-/m0/s1. The van der Waals surface area contributed by atoms with Gasteiger partial charge >= 0.3 is 0 Å². The highest BCUT2D eigenvalue weighted by molar-refractivity contribution is 5.83. The van der Waals surface area contributed by atoms with Gasteiger partial charge in [0, 0.05) is 42.5 Å². The zero-order chi connectivity index (χ0) is 17.1. The van der Waals surface area contributed by atoms with E-state index < -0.39 is 0 Å². The predicted molar refractivity (Wildman–Crippen MR) is 98.1 cm³/mol. The van der Waals surface area contributed by atoms with E-state index >= 15 is 0 Å². The molecule has 3 heterocycles. The summed E-state index contributed by atoms with van der Waals surface area (Å²) in [5, 5.41) is 1.27. The average molecular weight is 336 g/mol. The minimum Gasteiger partial charge on any atom is -0.361 e. The van der Waals surface area contributed by atoms with E-state index in [9.17, 15) is 4.79 Å². The van der Waals surface area contributed by atoms with Crippen molar-refractivity contribution in [2.24, 2.45) is 0 Å². The summed E-state index contributed by atoms with van der Waals surface area (Å²) in [6.45, 7) is 0.845. The maximum absolute atomic E-state index is 12.8. The summed E-state index contributed by atoms with van der Waals surface area (Å²) >= 11 is 0. The molecular weight excluding hydrogens is 312 g/mol. The number of benzene rings is 1. The highest BCUT2D eigenvalue weighted by Crippen LogP contribution is 2.29. The lowest BCUT2D eigenvalue weighted by molar-refractivity contribution is -0.135. The third-order valence-electron chi connectivity index (χ3n) is 5.17. The molecule has 0 saturated carbocycles. The Labute approximate surface area is 147 Å². The molecule has 0 radical (unpaired) electrons. The van der Waals surface area contributed by atoms with Crippen molar-refractivity contribution in [3.05, 3.63) is 54.2 Å². The fraction of sp³-hybridized carbons (Fsp3) is 0.400. The van der Waals surface area contributed by atoms with Crippen LogP contribution in [0.1, 0.15) is 49.5 Å². The van der Waals surface area contributed by atoms with Crippen LogP contribution in [0.4, 0.5) is 0 Å². The molecule has 1 atom stereocenters. The molecule has 0 aliphatic carbocycles. The minimum absolute atomic E-state index is 0.115. The van der Waals surface area contributed by atoms with Crippen molar-refractivity contribution in [2.75, 3.05) is 6.54 Å². The number of hydrogen-bond acceptors (Lipinski definition) is 2. The molecule has 1 aliphatic heterocycles. The number of amides is 1.